The lowest BCUT2D eigenvalue weighted by atomic mass is 9.94. The first-order valence-corrected chi connectivity index (χ1v) is 7.45. The fourth-order valence-corrected chi connectivity index (χ4v) is 3.12. The second-order valence-electron chi connectivity index (χ2n) is 5.94. The number of Topliss-reactive ketones (excluding diaryl/α,β-unsaturated/α-hetero) is 1. The zero-order chi connectivity index (χ0) is 16.1. The minimum atomic E-state index is -0.576. The number of benzene rings is 2. The van der Waals surface area contributed by atoms with Crippen molar-refractivity contribution >= 4 is 22.4 Å². The van der Waals surface area contributed by atoms with Crippen molar-refractivity contribution in [3.05, 3.63) is 53.7 Å². The first kappa shape index (κ1) is 13.7. The number of phenolic OH excluding ortho intramolecular Hbond substituents is 1. The molecule has 0 saturated carbocycles. The van der Waals surface area contributed by atoms with Crippen molar-refractivity contribution in [1.29, 1.82) is 0 Å². The van der Waals surface area contributed by atoms with Crippen molar-refractivity contribution in [2.45, 2.75) is 18.9 Å². The van der Waals surface area contributed by atoms with E-state index in [1.54, 1.807) is 36.4 Å². The summed E-state index contributed by atoms with van der Waals surface area (Å²) in [4.78, 5) is 15.9. The van der Waals surface area contributed by atoms with E-state index in [9.17, 15) is 9.90 Å². The van der Waals surface area contributed by atoms with Crippen molar-refractivity contribution in [1.82, 2.24) is 4.98 Å². The molecule has 1 aliphatic heterocycles. The van der Waals surface area contributed by atoms with Gasteiger partial charge in [-0.2, -0.15) is 0 Å². The number of aromatic nitrogens is 1. The molecule has 1 aromatic heterocycles. The van der Waals surface area contributed by atoms with Crippen LogP contribution in [0.1, 0.15) is 28.9 Å². The van der Waals surface area contributed by atoms with E-state index in [1.165, 1.54) is 0 Å². The number of ketones is 1. The molecule has 2 aromatic carbocycles. The Labute approximate surface area is 132 Å². The smallest absolute Gasteiger partial charge is 0.220 e. The lowest BCUT2D eigenvalue weighted by molar-refractivity contribution is 0.0795. The molecule has 116 valence electrons. The Balaban J connectivity index is 1.69. The van der Waals surface area contributed by atoms with E-state index in [-0.39, 0.29) is 17.5 Å². The van der Waals surface area contributed by atoms with Crippen LogP contribution in [0, 0.1) is 0 Å². The van der Waals surface area contributed by atoms with Gasteiger partial charge in [-0.25, -0.2) is 0 Å². The second-order valence-corrected chi connectivity index (χ2v) is 5.94. The Morgan fingerprint density at radius 3 is 2.87 bits per heavy atom. The van der Waals surface area contributed by atoms with Gasteiger partial charge in [-0.1, -0.05) is 6.92 Å². The number of fused-ring (bicyclic) bond motifs is 2. The molecule has 4 N–H and O–H groups in total. The molecule has 0 saturated heterocycles. The van der Waals surface area contributed by atoms with E-state index < -0.39 is 6.10 Å². The van der Waals surface area contributed by atoms with Gasteiger partial charge >= 0.3 is 0 Å². The van der Waals surface area contributed by atoms with Crippen LogP contribution in [-0.2, 0) is 0 Å². The average molecular weight is 308 g/mol. The van der Waals surface area contributed by atoms with E-state index in [2.05, 4.69) is 4.98 Å². The van der Waals surface area contributed by atoms with Crippen LogP contribution in [0.4, 0.5) is 5.69 Å². The first-order valence-electron chi connectivity index (χ1n) is 7.45. The lowest BCUT2D eigenvalue weighted by Gasteiger charge is -2.13. The minimum Gasteiger partial charge on any atom is -0.508 e. The van der Waals surface area contributed by atoms with Crippen LogP contribution < -0.4 is 10.5 Å². The van der Waals surface area contributed by atoms with Gasteiger partial charge in [-0.3, -0.25) is 4.79 Å². The highest BCUT2D eigenvalue weighted by Gasteiger charge is 2.37. The fraction of sp³-hybridized carbons (Fsp3) is 0.167. The number of nitrogens with two attached hydrogens (primary N) is 1. The Morgan fingerprint density at radius 2 is 2.04 bits per heavy atom. The molecule has 3 aromatic rings. The Hall–Kier alpha value is -2.95. The number of hydrogen-bond acceptors (Lipinski definition) is 4. The van der Waals surface area contributed by atoms with Gasteiger partial charge in [0, 0.05) is 28.1 Å². The third-order valence-electron chi connectivity index (χ3n) is 4.36. The summed E-state index contributed by atoms with van der Waals surface area (Å²) in [5.74, 6) is 0.700. The summed E-state index contributed by atoms with van der Waals surface area (Å²) in [6.07, 6.45) is -0.576. The molecule has 2 unspecified atom stereocenters. The molecule has 0 aliphatic carbocycles. The van der Waals surface area contributed by atoms with Gasteiger partial charge in [-0.15, -0.1) is 0 Å². The zero-order valence-corrected chi connectivity index (χ0v) is 12.5. The summed E-state index contributed by atoms with van der Waals surface area (Å²) in [6, 6.07) is 12.1. The van der Waals surface area contributed by atoms with Gasteiger partial charge in [0.15, 0.2) is 6.10 Å². The maximum Gasteiger partial charge on any atom is 0.220 e. The number of carbonyl (C=O) groups excluding carboxylic acids is 1. The van der Waals surface area contributed by atoms with Gasteiger partial charge in [0.25, 0.3) is 0 Å². The maximum absolute atomic E-state index is 12.8. The second kappa shape index (κ2) is 4.78. The minimum absolute atomic E-state index is 0.0687. The molecule has 0 amide bonds. The molecule has 0 spiro atoms. The zero-order valence-electron chi connectivity index (χ0n) is 12.5. The Bertz CT molecular complexity index is 929. The van der Waals surface area contributed by atoms with Crippen LogP contribution in [0.3, 0.4) is 0 Å². The number of H-pyrrole nitrogens is 1. The van der Waals surface area contributed by atoms with Crippen LogP contribution in [0.2, 0.25) is 0 Å². The third kappa shape index (κ3) is 2.12. The number of aromatic hydroxyl groups is 1. The molecular weight excluding hydrogens is 292 g/mol. The molecule has 0 bridgehead atoms. The SMILES string of the molecule is CC1c2cc(N)ccc2OC1C(=O)c1cc2cc(O)ccc2[nH]1. The molecule has 1 aliphatic rings. The van der Waals surface area contributed by atoms with Crippen LogP contribution in [0.5, 0.6) is 11.5 Å². The largest absolute Gasteiger partial charge is 0.508 e. The molecule has 5 heteroatoms. The van der Waals surface area contributed by atoms with Gasteiger partial charge in [0.05, 0.1) is 5.69 Å². The van der Waals surface area contributed by atoms with Crippen molar-refractivity contribution < 1.29 is 14.6 Å². The Kier molecular flexibility index (Phi) is 2.84. The molecule has 0 fully saturated rings. The number of aromatic amines is 1. The number of carbonyl (C=O) groups is 1. The molecule has 23 heavy (non-hydrogen) atoms. The number of hydrogen-bond donors (Lipinski definition) is 3. The highest BCUT2D eigenvalue weighted by atomic mass is 16.5. The van der Waals surface area contributed by atoms with Crippen LogP contribution >= 0.6 is 0 Å². The van der Waals surface area contributed by atoms with Crippen LogP contribution in [0.25, 0.3) is 10.9 Å². The predicted octanol–water partition coefficient (Wildman–Crippen LogP) is 3.20. The molecule has 4 rings (SSSR count). The summed E-state index contributed by atoms with van der Waals surface area (Å²) in [7, 11) is 0. The molecule has 0 radical (unpaired) electrons. The van der Waals surface area contributed by atoms with Gasteiger partial charge in [-0.05, 0) is 42.5 Å². The molecule has 2 heterocycles. The first-order chi connectivity index (χ1) is 11.0. The van der Waals surface area contributed by atoms with Crippen molar-refractivity contribution in [3.63, 3.8) is 0 Å². The summed E-state index contributed by atoms with van der Waals surface area (Å²) in [5.41, 5.74) is 8.72. The molecular formula is C18H16N2O3. The van der Waals surface area contributed by atoms with E-state index >= 15 is 0 Å². The van der Waals surface area contributed by atoms with Gasteiger partial charge in [0.2, 0.25) is 5.78 Å². The van der Waals surface area contributed by atoms with E-state index in [4.69, 9.17) is 10.5 Å². The van der Waals surface area contributed by atoms with Crippen LogP contribution in [0.15, 0.2) is 42.5 Å². The number of anilines is 1. The Morgan fingerprint density at radius 1 is 1.22 bits per heavy atom. The maximum atomic E-state index is 12.8. The third-order valence-corrected chi connectivity index (χ3v) is 4.36. The van der Waals surface area contributed by atoms with Crippen molar-refractivity contribution in [3.8, 4) is 11.5 Å². The van der Waals surface area contributed by atoms with Crippen LogP contribution in [-0.4, -0.2) is 22.0 Å². The van der Waals surface area contributed by atoms with Crippen molar-refractivity contribution in [2.75, 3.05) is 5.73 Å². The number of nitrogens with one attached hydrogen (secondary N) is 1. The predicted molar refractivity (Wildman–Crippen MR) is 88.0 cm³/mol. The van der Waals surface area contributed by atoms with E-state index in [0.717, 1.165) is 16.5 Å². The highest BCUT2D eigenvalue weighted by Crippen LogP contribution is 2.40. The lowest BCUT2D eigenvalue weighted by Crippen LogP contribution is -2.28. The standard InChI is InChI=1S/C18H16N2O3/c1-9-13-8-11(19)2-5-16(13)23-18(9)17(22)15-7-10-6-12(21)3-4-14(10)20-15/h2-9,18,20-21H,19H2,1H3. The van der Waals surface area contributed by atoms with Gasteiger partial charge < -0.3 is 20.6 Å². The summed E-state index contributed by atoms with van der Waals surface area (Å²) < 4.78 is 5.84. The molecule has 5 nitrogen and oxygen atoms in total. The number of nitrogen functional groups attached to an aromatic ring is 1. The summed E-state index contributed by atoms with van der Waals surface area (Å²) in [6.45, 7) is 1.96. The quantitative estimate of drug-likeness (QED) is 0.501. The number of ether oxygens (including phenoxy) is 1. The highest BCUT2D eigenvalue weighted by molar-refractivity contribution is 6.03. The van der Waals surface area contributed by atoms with Crippen molar-refractivity contribution in [2.24, 2.45) is 0 Å². The van der Waals surface area contributed by atoms with Gasteiger partial charge in [0.1, 0.15) is 11.5 Å². The van der Waals surface area contributed by atoms with E-state index in [1.807, 2.05) is 13.0 Å². The normalized spacial score (nSPS) is 19.5. The monoisotopic (exact) mass is 308 g/mol. The topological polar surface area (TPSA) is 88.3 Å². The van der Waals surface area contributed by atoms with E-state index in [0.29, 0.717) is 17.1 Å². The summed E-state index contributed by atoms with van der Waals surface area (Å²) in [5, 5.41) is 10.3. The fourth-order valence-electron chi connectivity index (χ4n) is 3.12. The number of phenols is 1. The molecule has 2 atom stereocenters. The number of rotatable bonds is 2. The summed E-state index contributed by atoms with van der Waals surface area (Å²) >= 11 is 0. The average Bonchev–Trinajstić information content (AvgIpc) is 3.08.